The molecule has 1 aliphatic heterocycles. The Morgan fingerprint density at radius 3 is 2.60 bits per heavy atom. The lowest BCUT2D eigenvalue weighted by Crippen LogP contribution is -2.58. The molecule has 0 radical (unpaired) electrons. The highest BCUT2D eigenvalue weighted by atomic mass is 16.1. The highest BCUT2D eigenvalue weighted by Gasteiger charge is 2.46. The molecule has 2 fully saturated rings. The number of nitrogens with zero attached hydrogens (tertiary/aromatic N) is 1. The van der Waals surface area contributed by atoms with E-state index in [9.17, 15) is 4.79 Å². The lowest BCUT2D eigenvalue weighted by molar-refractivity contribution is -0.132. The molecule has 2 nitrogen and oxygen atoms in total. The first-order valence-electron chi connectivity index (χ1n) is 7.83. The average molecular weight is 271 g/mol. The van der Waals surface area contributed by atoms with Crippen molar-refractivity contribution in [1.29, 1.82) is 0 Å². The molecule has 2 rings (SSSR count). The van der Waals surface area contributed by atoms with E-state index in [1.54, 1.807) is 6.08 Å². The number of carbonyl (C=O) groups excluding carboxylic acids is 1. The minimum atomic E-state index is -0.402. The van der Waals surface area contributed by atoms with Crippen LogP contribution in [-0.4, -0.2) is 29.3 Å². The van der Waals surface area contributed by atoms with Crippen molar-refractivity contribution in [3.05, 3.63) is 23.8 Å². The van der Waals surface area contributed by atoms with Crippen LogP contribution in [0.25, 0.3) is 0 Å². The average Bonchev–Trinajstić information content (AvgIpc) is 2.50. The molecule has 0 N–H and O–H groups in total. The molecule has 1 atom stereocenters. The first-order valence-corrected chi connectivity index (χ1v) is 7.83. The van der Waals surface area contributed by atoms with E-state index in [1.807, 2.05) is 13.0 Å². The van der Waals surface area contributed by atoms with E-state index in [0.29, 0.717) is 12.2 Å². The van der Waals surface area contributed by atoms with E-state index >= 15 is 0 Å². The third-order valence-electron chi connectivity index (χ3n) is 4.70. The highest BCUT2D eigenvalue weighted by molar-refractivity contribution is 5.93. The van der Waals surface area contributed by atoms with Crippen LogP contribution >= 0.6 is 0 Å². The first-order chi connectivity index (χ1) is 9.75. The van der Waals surface area contributed by atoms with Crippen molar-refractivity contribution in [2.24, 2.45) is 0 Å². The van der Waals surface area contributed by atoms with E-state index < -0.39 is 5.54 Å². The topological polar surface area (TPSA) is 20.3 Å². The molecule has 2 heteroatoms. The fraction of sp³-hybridized carbons (Fsp3) is 0.611. The molecule has 1 saturated carbocycles. The van der Waals surface area contributed by atoms with Gasteiger partial charge in [-0.15, -0.1) is 6.42 Å². The number of terminal acetylenes is 1. The summed E-state index contributed by atoms with van der Waals surface area (Å²) < 4.78 is 0. The summed E-state index contributed by atoms with van der Waals surface area (Å²) in [7, 11) is 0. The standard InChI is InChI=1S/C18H25NO/c1-3-5-11-16(4-2)18(13-8-7-12-17(18)20)19-14-9-6-10-15-19/h1,4-5,11H,6-10,12-15H2,2H3/b11-5-,16-4+. The molecule has 2 aliphatic rings. The number of carbonyl (C=O) groups is 1. The molecule has 0 aromatic rings. The maximum absolute atomic E-state index is 12.8. The molecule has 1 saturated heterocycles. The maximum Gasteiger partial charge on any atom is 0.157 e. The van der Waals surface area contributed by atoms with Gasteiger partial charge in [-0.05, 0) is 63.4 Å². The van der Waals surface area contributed by atoms with Crippen LogP contribution in [0.15, 0.2) is 23.8 Å². The zero-order chi connectivity index (χ0) is 14.4. The number of hydrogen-bond donors (Lipinski definition) is 0. The van der Waals surface area contributed by atoms with E-state index in [1.165, 1.54) is 19.3 Å². The Balaban J connectivity index is 2.39. The monoisotopic (exact) mass is 271 g/mol. The summed E-state index contributed by atoms with van der Waals surface area (Å²) in [5.41, 5.74) is 0.697. The van der Waals surface area contributed by atoms with Crippen molar-refractivity contribution in [2.75, 3.05) is 13.1 Å². The molecule has 0 amide bonds. The van der Waals surface area contributed by atoms with Crippen molar-refractivity contribution in [3.8, 4) is 12.3 Å². The van der Waals surface area contributed by atoms with E-state index in [-0.39, 0.29) is 0 Å². The minimum Gasteiger partial charge on any atom is -0.297 e. The Morgan fingerprint density at radius 1 is 1.25 bits per heavy atom. The smallest absolute Gasteiger partial charge is 0.157 e. The van der Waals surface area contributed by atoms with Crippen molar-refractivity contribution in [3.63, 3.8) is 0 Å². The predicted molar refractivity (Wildman–Crippen MR) is 83.4 cm³/mol. The van der Waals surface area contributed by atoms with Crippen LogP contribution in [0.1, 0.15) is 51.9 Å². The summed E-state index contributed by atoms with van der Waals surface area (Å²) in [4.78, 5) is 15.2. The van der Waals surface area contributed by atoms with E-state index in [4.69, 9.17) is 6.42 Å². The van der Waals surface area contributed by atoms with Gasteiger partial charge in [0, 0.05) is 6.42 Å². The van der Waals surface area contributed by atoms with Gasteiger partial charge in [0.25, 0.3) is 0 Å². The summed E-state index contributed by atoms with van der Waals surface area (Å²) in [6.45, 7) is 4.09. The first kappa shape index (κ1) is 15.1. The molecule has 1 aliphatic carbocycles. The second kappa shape index (κ2) is 6.90. The third-order valence-corrected chi connectivity index (χ3v) is 4.70. The van der Waals surface area contributed by atoms with Gasteiger partial charge in [0.2, 0.25) is 0 Å². The van der Waals surface area contributed by atoms with Gasteiger partial charge in [0.1, 0.15) is 5.54 Å². The molecule has 0 bridgehead atoms. The van der Waals surface area contributed by atoms with Gasteiger partial charge in [-0.3, -0.25) is 9.69 Å². The van der Waals surface area contributed by atoms with Gasteiger partial charge < -0.3 is 0 Å². The Hall–Kier alpha value is -1.33. The molecular formula is C18H25NO. The van der Waals surface area contributed by atoms with Crippen LogP contribution in [0.5, 0.6) is 0 Å². The summed E-state index contributed by atoms with van der Waals surface area (Å²) >= 11 is 0. The Kier molecular flexibility index (Phi) is 5.20. The molecule has 20 heavy (non-hydrogen) atoms. The molecule has 1 heterocycles. The quantitative estimate of drug-likeness (QED) is 0.578. The van der Waals surface area contributed by atoms with Crippen LogP contribution in [0.4, 0.5) is 0 Å². The predicted octanol–water partition coefficient (Wildman–Crippen LogP) is 3.49. The fourth-order valence-electron chi connectivity index (χ4n) is 3.72. The summed E-state index contributed by atoms with van der Waals surface area (Å²) in [6.07, 6.45) is 18.6. The van der Waals surface area contributed by atoms with E-state index in [2.05, 4.69) is 16.9 Å². The maximum atomic E-state index is 12.8. The van der Waals surface area contributed by atoms with Crippen LogP contribution in [0.3, 0.4) is 0 Å². The van der Waals surface area contributed by atoms with Gasteiger partial charge in [0.15, 0.2) is 5.78 Å². The lowest BCUT2D eigenvalue weighted by atomic mass is 9.72. The lowest BCUT2D eigenvalue weighted by Gasteiger charge is -2.47. The Bertz CT molecular complexity index is 449. The Labute approximate surface area is 122 Å². The van der Waals surface area contributed by atoms with Crippen LogP contribution in [0.2, 0.25) is 0 Å². The zero-order valence-electron chi connectivity index (χ0n) is 12.5. The number of allylic oxidation sites excluding steroid dienone is 2. The summed E-state index contributed by atoms with van der Waals surface area (Å²) in [5.74, 6) is 2.94. The molecule has 1 unspecified atom stereocenters. The van der Waals surface area contributed by atoms with Gasteiger partial charge >= 0.3 is 0 Å². The van der Waals surface area contributed by atoms with Crippen molar-refractivity contribution in [2.45, 2.75) is 57.4 Å². The molecule has 0 aromatic heterocycles. The fourth-order valence-corrected chi connectivity index (χ4v) is 3.72. The van der Waals surface area contributed by atoms with Crippen LogP contribution in [-0.2, 0) is 4.79 Å². The zero-order valence-corrected chi connectivity index (χ0v) is 12.5. The molecule has 108 valence electrons. The largest absolute Gasteiger partial charge is 0.297 e. The molecule has 0 aromatic carbocycles. The second-order valence-corrected chi connectivity index (χ2v) is 5.78. The normalized spacial score (nSPS) is 29.6. The number of Topliss-reactive ketones (excluding diaryl/α,β-unsaturated/α-hetero) is 1. The van der Waals surface area contributed by atoms with Crippen molar-refractivity contribution < 1.29 is 4.79 Å². The van der Waals surface area contributed by atoms with Gasteiger partial charge in [0.05, 0.1) is 0 Å². The Morgan fingerprint density at radius 2 is 2.00 bits per heavy atom. The number of likely N-dealkylation sites (tertiary alicyclic amines) is 1. The summed E-state index contributed by atoms with van der Waals surface area (Å²) in [6, 6.07) is 0. The second-order valence-electron chi connectivity index (χ2n) is 5.78. The van der Waals surface area contributed by atoms with Gasteiger partial charge in [-0.2, -0.15) is 0 Å². The molecule has 0 spiro atoms. The van der Waals surface area contributed by atoms with Crippen molar-refractivity contribution in [1.82, 2.24) is 4.90 Å². The van der Waals surface area contributed by atoms with Crippen LogP contribution < -0.4 is 0 Å². The number of hydrogen-bond acceptors (Lipinski definition) is 2. The number of ketones is 1. The van der Waals surface area contributed by atoms with Gasteiger partial charge in [-0.25, -0.2) is 0 Å². The third kappa shape index (κ3) is 2.74. The number of rotatable bonds is 3. The van der Waals surface area contributed by atoms with Crippen molar-refractivity contribution >= 4 is 5.78 Å². The minimum absolute atomic E-state index is 0.389. The van der Waals surface area contributed by atoms with Gasteiger partial charge in [-0.1, -0.05) is 24.8 Å². The summed E-state index contributed by atoms with van der Waals surface area (Å²) in [5, 5.41) is 0. The van der Waals surface area contributed by atoms with Crippen LogP contribution in [0, 0.1) is 12.3 Å². The molecular weight excluding hydrogens is 246 g/mol. The highest BCUT2D eigenvalue weighted by Crippen LogP contribution is 2.39. The number of piperidine rings is 1. The SMILES string of the molecule is C#C/C=C\C(=C/C)C1(N2CCCCC2)CCCCC1=O. The van der Waals surface area contributed by atoms with E-state index in [0.717, 1.165) is 37.9 Å².